The first-order chi connectivity index (χ1) is 10.6. The molecule has 6 nitrogen and oxygen atoms in total. The third kappa shape index (κ3) is 3.10. The van der Waals surface area contributed by atoms with E-state index in [0.717, 1.165) is 25.7 Å². The molecule has 1 aromatic heterocycles. The maximum absolute atomic E-state index is 12.4. The molecule has 0 unspecified atom stereocenters. The second-order valence-corrected chi connectivity index (χ2v) is 5.91. The van der Waals surface area contributed by atoms with Crippen molar-refractivity contribution in [1.29, 1.82) is 0 Å². The van der Waals surface area contributed by atoms with Crippen LogP contribution in [-0.2, 0) is 17.6 Å². The summed E-state index contributed by atoms with van der Waals surface area (Å²) in [5, 5.41) is 9.64. The number of rotatable bonds is 3. The number of fused-ring (bicyclic) bond motifs is 1. The van der Waals surface area contributed by atoms with Gasteiger partial charge in [-0.3, -0.25) is 10.1 Å². The van der Waals surface area contributed by atoms with E-state index in [1.54, 1.807) is 4.90 Å². The van der Waals surface area contributed by atoms with Crippen LogP contribution in [0.15, 0.2) is 24.3 Å². The molecule has 2 N–H and O–H groups in total. The summed E-state index contributed by atoms with van der Waals surface area (Å²) in [5.74, 6) is 1.01. The molecule has 0 fully saturated rings. The van der Waals surface area contributed by atoms with E-state index in [1.165, 1.54) is 11.1 Å². The van der Waals surface area contributed by atoms with Crippen LogP contribution in [0, 0.1) is 5.92 Å². The molecule has 1 heterocycles. The first-order valence-corrected chi connectivity index (χ1v) is 7.61. The van der Waals surface area contributed by atoms with Crippen LogP contribution in [0.4, 0.5) is 11.9 Å². The first-order valence-electron chi connectivity index (χ1n) is 7.61. The number of benzene rings is 1. The van der Waals surface area contributed by atoms with Gasteiger partial charge in [0.1, 0.15) is 0 Å². The Bertz CT molecular complexity index is 637. The first kappa shape index (κ1) is 14.6. The molecule has 0 saturated heterocycles. The molecule has 2 aromatic rings. The zero-order valence-electron chi connectivity index (χ0n) is 13.0. The molecule has 1 aromatic carbocycles. The maximum atomic E-state index is 12.4. The van der Waals surface area contributed by atoms with Crippen LogP contribution in [0.2, 0.25) is 0 Å². The van der Waals surface area contributed by atoms with Gasteiger partial charge in [0, 0.05) is 20.0 Å². The van der Waals surface area contributed by atoms with Crippen LogP contribution in [0.1, 0.15) is 24.0 Å². The molecule has 6 heteroatoms. The number of H-pyrrole nitrogens is 1. The molecule has 116 valence electrons. The van der Waals surface area contributed by atoms with Crippen LogP contribution < -0.4 is 10.2 Å². The summed E-state index contributed by atoms with van der Waals surface area (Å²) in [6, 6.07) is 8.46. The van der Waals surface area contributed by atoms with Crippen LogP contribution in [0.25, 0.3) is 0 Å². The predicted molar refractivity (Wildman–Crippen MR) is 85.9 cm³/mol. The van der Waals surface area contributed by atoms with Crippen LogP contribution >= 0.6 is 0 Å². The summed E-state index contributed by atoms with van der Waals surface area (Å²) < 4.78 is 0. The zero-order valence-corrected chi connectivity index (χ0v) is 13.0. The minimum Gasteiger partial charge on any atom is -0.346 e. The standard InChI is InChI=1S/C16H21N5O/c1-21(2)16-18-15(19-20-16)17-14(22)13-9-7-11-5-3-4-6-12(11)8-10-13/h3-6,13H,7-10H2,1-2H3,(H2,17,18,19,20,22). The van der Waals surface area contributed by atoms with Crippen molar-refractivity contribution < 1.29 is 4.79 Å². The van der Waals surface area contributed by atoms with E-state index in [0.29, 0.717) is 11.9 Å². The number of amides is 1. The molecular formula is C16H21N5O. The van der Waals surface area contributed by atoms with Crippen molar-refractivity contribution in [3.63, 3.8) is 0 Å². The van der Waals surface area contributed by atoms with Crippen molar-refractivity contribution in [3.8, 4) is 0 Å². The molecule has 0 bridgehead atoms. The lowest BCUT2D eigenvalue weighted by molar-refractivity contribution is -0.120. The molecule has 1 aliphatic rings. The van der Waals surface area contributed by atoms with Crippen molar-refractivity contribution in [1.82, 2.24) is 15.2 Å². The largest absolute Gasteiger partial charge is 0.346 e. The number of carbonyl (C=O) groups excluding carboxylic acids is 1. The van der Waals surface area contributed by atoms with E-state index in [9.17, 15) is 4.79 Å². The van der Waals surface area contributed by atoms with Gasteiger partial charge in [-0.1, -0.05) is 24.3 Å². The lowest BCUT2D eigenvalue weighted by Crippen LogP contribution is -2.23. The average molecular weight is 299 g/mol. The highest BCUT2D eigenvalue weighted by atomic mass is 16.2. The van der Waals surface area contributed by atoms with E-state index >= 15 is 0 Å². The van der Waals surface area contributed by atoms with Gasteiger partial charge in [0.05, 0.1) is 0 Å². The Hall–Kier alpha value is -2.37. The molecule has 0 radical (unpaired) electrons. The Morgan fingerprint density at radius 2 is 1.86 bits per heavy atom. The van der Waals surface area contributed by atoms with Crippen LogP contribution in [0.5, 0.6) is 0 Å². The van der Waals surface area contributed by atoms with Crippen molar-refractivity contribution in [3.05, 3.63) is 35.4 Å². The Kier molecular flexibility index (Phi) is 4.09. The minimum atomic E-state index is 0.0142. The number of aryl methyl sites for hydroxylation is 2. The van der Waals surface area contributed by atoms with E-state index in [-0.39, 0.29) is 11.8 Å². The second kappa shape index (κ2) is 6.17. The lowest BCUT2D eigenvalue weighted by Gasteiger charge is -2.12. The van der Waals surface area contributed by atoms with Gasteiger partial charge >= 0.3 is 0 Å². The van der Waals surface area contributed by atoms with Crippen LogP contribution in [0.3, 0.4) is 0 Å². The van der Waals surface area contributed by atoms with Gasteiger partial charge in [0.2, 0.25) is 17.8 Å². The summed E-state index contributed by atoms with van der Waals surface area (Å²) in [5.41, 5.74) is 2.74. The summed E-state index contributed by atoms with van der Waals surface area (Å²) in [4.78, 5) is 18.5. The van der Waals surface area contributed by atoms with E-state index in [4.69, 9.17) is 0 Å². The van der Waals surface area contributed by atoms with E-state index < -0.39 is 0 Å². The second-order valence-electron chi connectivity index (χ2n) is 5.91. The highest BCUT2D eigenvalue weighted by Gasteiger charge is 2.23. The minimum absolute atomic E-state index is 0.0142. The topological polar surface area (TPSA) is 73.9 Å². The molecular weight excluding hydrogens is 278 g/mol. The monoisotopic (exact) mass is 299 g/mol. The predicted octanol–water partition coefficient (Wildman–Crippen LogP) is 2.00. The smallest absolute Gasteiger partial charge is 0.245 e. The number of aromatic amines is 1. The molecule has 0 atom stereocenters. The summed E-state index contributed by atoms with van der Waals surface area (Å²) in [7, 11) is 3.72. The number of nitrogens with one attached hydrogen (secondary N) is 2. The van der Waals surface area contributed by atoms with Gasteiger partial charge in [-0.2, -0.15) is 4.98 Å². The summed E-state index contributed by atoms with van der Waals surface area (Å²) in [6.07, 6.45) is 3.65. The number of hydrogen-bond donors (Lipinski definition) is 2. The maximum Gasteiger partial charge on any atom is 0.245 e. The fourth-order valence-corrected chi connectivity index (χ4v) is 2.84. The fraction of sp³-hybridized carbons (Fsp3) is 0.438. The van der Waals surface area contributed by atoms with Gasteiger partial charge in [-0.05, 0) is 36.8 Å². The molecule has 3 rings (SSSR count). The normalized spacial score (nSPS) is 15.0. The SMILES string of the molecule is CN(C)c1n[nH]c(NC(=O)C2CCc3ccccc3CC2)n1. The number of aromatic nitrogens is 3. The zero-order chi connectivity index (χ0) is 15.5. The van der Waals surface area contributed by atoms with Crippen molar-refractivity contribution in [2.75, 3.05) is 24.3 Å². The highest BCUT2D eigenvalue weighted by molar-refractivity contribution is 5.91. The average Bonchev–Trinajstić information content (AvgIpc) is 2.86. The fourth-order valence-electron chi connectivity index (χ4n) is 2.84. The van der Waals surface area contributed by atoms with Crippen molar-refractivity contribution >= 4 is 17.8 Å². The Labute approximate surface area is 129 Å². The molecule has 1 aliphatic carbocycles. The molecule has 0 saturated carbocycles. The van der Waals surface area contributed by atoms with Gasteiger partial charge in [0.25, 0.3) is 0 Å². The molecule has 1 amide bonds. The number of carbonyl (C=O) groups is 1. The molecule has 0 aliphatic heterocycles. The van der Waals surface area contributed by atoms with Crippen molar-refractivity contribution in [2.45, 2.75) is 25.7 Å². The third-order valence-corrected chi connectivity index (χ3v) is 4.13. The molecule has 0 spiro atoms. The highest BCUT2D eigenvalue weighted by Crippen LogP contribution is 2.25. The number of anilines is 2. The van der Waals surface area contributed by atoms with Gasteiger partial charge in [-0.15, -0.1) is 5.10 Å². The van der Waals surface area contributed by atoms with E-state index in [2.05, 4.69) is 44.8 Å². The Balaban J connectivity index is 1.63. The van der Waals surface area contributed by atoms with E-state index in [1.807, 2.05) is 14.1 Å². The molecule has 22 heavy (non-hydrogen) atoms. The van der Waals surface area contributed by atoms with Gasteiger partial charge in [0.15, 0.2) is 0 Å². The lowest BCUT2D eigenvalue weighted by atomic mass is 9.99. The Morgan fingerprint density at radius 3 is 2.41 bits per heavy atom. The van der Waals surface area contributed by atoms with Crippen LogP contribution in [-0.4, -0.2) is 35.2 Å². The number of hydrogen-bond acceptors (Lipinski definition) is 4. The number of nitrogens with zero attached hydrogens (tertiary/aromatic N) is 3. The van der Waals surface area contributed by atoms with Gasteiger partial charge in [-0.25, -0.2) is 5.10 Å². The summed E-state index contributed by atoms with van der Waals surface area (Å²) in [6.45, 7) is 0. The third-order valence-electron chi connectivity index (χ3n) is 4.13. The van der Waals surface area contributed by atoms with Crippen molar-refractivity contribution in [2.24, 2.45) is 5.92 Å². The Morgan fingerprint density at radius 1 is 1.23 bits per heavy atom. The van der Waals surface area contributed by atoms with Gasteiger partial charge < -0.3 is 4.90 Å². The summed E-state index contributed by atoms with van der Waals surface area (Å²) >= 11 is 0. The quantitative estimate of drug-likeness (QED) is 0.850.